The van der Waals surface area contributed by atoms with Crippen molar-refractivity contribution in [1.29, 1.82) is 0 Å². The number of hydrogen-bond acceptors (Lipinski definition) is 1. The Labute approximate surface area is 85.7 Å². The first-order valence-electron chi connectivity index (χ1n) is 4.51. The lowest BCUT2D eigenvalue weighted by atomic mass is 10.4. The van der Waals surface area contributed by atoms with E-state index in [9.17, 15) is 0 Å². The van der Waals surface area contributed by atoms with Gasteiger partial charge < -0.3 is 0 Å². The molecule has 0 atom stereocenters. The molecule has 0 radical (unpaired) electrons. The molecule has 13 heavy (non-hydrogen) atoms. The minimum absolute atomic E-state index is 0.889. The highest BCUT2D eigenvalue weighted by atomic mass is 32.2. The van der Waals surface area contributed by atoms with E-state index in [-0.39, 0.29) is 0 Å². The van der Waals surface area contributed by atoms with Gasteiger partial charge in [-0.2, -0.15) is 0 Å². The van der Waals surface area contributed by atoms with Gasteiger partial charge in [0.2, 0.25) is 0 Å². The van der Waals surface area contributed by atoms with Crippen LogP contribution in [0.4, 0.5) is 0 Å². The fourth-order valence-electron chi connectivity index (χ4n) is 0.708. The van der Waals surface area contributed by atoms with E-state index >= 15 is 0 Å². The standard InChI is InChI=1S/C10H10S.C2H6/c1-2-3-9-11-10-7-5-4-6-8-10;1-2/h4-8H,9H2,1H3;1-2H3. The third-order valence-corrected chi connectivity index (χ3v) is 2.13. The van der Waals surface area contributed by atoms with Crippen LogP contribution in [0, 0.1) is 11.8 Å². The van der Waals surface area contributed by atoms with Crippen LogP contribution in [-0.4, -0.2) is 5.75 Å². The summed E-state index contributed by atoms with van der Waals surface area (Å²) < 4.78 is 0. The summed E-state index contributed by atoms with van der Waals surface area (Å²) in [5, 5.41) is 0. The molecule has 0 aromatic heterocycles. The number of hydrogen-bond donors (Lipinski definition) is 0. The van der Waals surface area contributed by atoms with Gasteiger partial charge in [0.15, 0.2) is 0 Å². The molecule has 0 saturated heterocycles. The first kappa shape index (κ1) is 12.1. The summed E-state index contributed by atoms with van der Waals surface area (Å²) in [6.07, 6.45) is 0. The fourth-order valence-corrected chi connectivity index (χ4v) is 1.44. The Bertz CT molecular complexity index is 253. The SMILES string of the molecule is CC.CC#CCSc1ccccc1. The van der Waals surface area contributed by atoms with Gasteiger partial charge in [-0.25, -0.2) is 0 Å². The van der Waals surface area contributed by atoms with Gasteiger partial charge in [-0.3, -0.25) is 0 Å². The quantitative estimate of drug-likeness (QED) is 0.507. The van der Waals surface area contributed by atoms with Gasteiger partial charge in [-0.15, -0.1) is 17.7 Å². The average molecular weight is 192 g/mol. The molecule has 0 amide bonds. The van der Waals surface area contributed by atoms with Crippen molar-refractivity contribution in [3.05, 3.63) is 30.3 Å². The van der Waals surface area contributed by atoms with Crippen molar-refractivity contribution in [2.24, 2.45) is 0 Å². The maximum absolute atomic E-state index is 3.01. The molecular weight excluding hydrogens is 176 g/mol. The topological polar surface area (TPSA) is 0 Å². The van der Waals surface area contributed by atoms with E-state index in [0.717, 1.165) is 5.75 Å². The molecule has 1 aromatic carbocycles. The zero-order valence-electron chi connectivity index (χ0n) is 8.50. The zero-order valence-corrected chi connectivity index (χ0v) is 9.32. The lowest BCUT2D eigenvalue weighted by molar-refractivity contribution is 1.46. The highest BCUT2D eigenvalue weighted by Gasteiger charge is 1.86. The van der Waals surface area contributed by atoms with E-state index in [1.165, 1.54) is 4.90 Å². The molecule has 1 aromatic rings. The molecule has 0 N–H and O–H groups in total. The number of thioether (sulfide) groups is 1. The molecule has 70 valence electrons. The van der Waals surface area contributed by atoms with Crippen LogP contribution in [0.2, 0.25) is 0 Å². The van der Waals surface area contributed by atoms with Crippen LogP contribution >= 0.6 is 11.8 Å². The molecule has 0 saturated carbocycles. The summed E-state index contributed by atoms with van der Waals surface area (Å²) in [6.45, 7) is 5.87. The minimum atomic E-state index is 0.889. The van der Waals surface area contributed by atoms with Gasteiger partial charge in [-0.1, -0.05) is 38.0 Å². The van der Waals surface area contributed by atoms with E-state index < -0.39 is 0 Å². The molecule has 0 aliphatic rings. The van der Waals surface area contributed by atoms with Gasteiger partial charge in [0.1, 0.15) is 0 Å². The second-order valence-electron chi connectivity index (χ2n) is 2.03. The van der Waals surface area contributed by atoms with Crippen LogP contribution in [0.25, 0.3) is 0 Å². The molecule has 0 unspecified atom stereocenters. The molecule has 0 aliphatic carbocycles. The summed E-state index contributed by atoms with van der Waals surface area (Å²) in [4.78, 5) is 1.29. The normalized spacial score (nSPS) is 7.62. The van der Waals surface area contributed by atoms with E-state index in [2.05, 4.69) is 24.0 Å². The highest BCUT2D eigenvalue weighted by Crippen LogP contribution is 2.15. The van der Waals surface area contributed by atoms with Crippen molar-refractivity contribution in [3.8, 4) is 11.8 Å². The lowest BCUT2D eigenvalue weighted by Gasteiger charge is -1.93. The zero-order chi connectivity index (χ0) is 9.94. The van der Waals surface area contributed by atoms with E-state index in [0.29, 0.717) is 0 Å². The van der Waals surface area contributed by atoms with Gasteiger partial charge in [0, 0.05) is 4.90 Å². The predicted octanol–water partition coefficient (Wildman–Crippen LogP) is 3.83. The van der Waals surface area contributed by atoms with Gasteiger partial charge in [0.25, 0.3) is 0 Å². The van der Waals surface area contributed by atoms with Crippen LogP contribution in [0.1, 0.15) is 20.8 Å². The average Bonchev–Trinajstić information content (AvgIpc) is 2.23. The Morgan fingerprint density at radius 2 is 1.77 bits per heavy atom. The minimum Gasteiger partial charge on any atom is -0.113 e. The Morgan fingerprint density at radius 3 is 2.31 bits per heavy atom. The van der Waals surface area contributed by atoms with Crippen LogP contribution in [0.3, 0.4) is 0 Å². The van der Waals surface area contributed by atoms with Crippen molar-refractivity contribution in [2.75, 3.05) is 5.75 Å². The van der Waals surface area contributed by atoms with Crippen molar-refractivity contribution in [3.63, 3.8) is 0 Å². The largest absolute Gasteiger partial charge is 0.113 e. The number of rotatable bonds is 2. The Morgan fingerprint density at radius 1 is 1.15 bits per heavy atom. The second kappa shape index (κ2) is 9.22. The van der Waals surface area contributed by atoms with E-state index in [4.69, 9.17) is 0 Å². The van der Waals surface area contributed by atoms with Crippen molar-refractivity contribution in [2.45, 2.75) is 25.7 Å². The van der Waals surface area contributed by atoms with Crippen molar-refractivity contribution in [1.82, 2.24) is 0 Å². The summed E-state index contributed by atoms with van der Waals surface area (Å²) in [5.74, 6) is 6.77. The van der Waals surface area contributed by atoms with Crippen molar-refractivity contribution >= 4 is 11.8 Å². The molecule has 0 nitrogen and oxygen atoms in total. The molecular formula is C12H16S. The molecule has 0 heterocycles. The molecule has 0 bridgehead atoms. The van der Waals surface area contributed by atoms with E-state index in [1.54, 1.807) is 11.8 Å². The van der Waals surface area contributed by atoms with Gasteiger partial charge in [-0.05, 0) is 19.1 Å². The van der Waals surface area contributed by atoms with Crippen LogP contribution < -0.4 is 0 Å². The first-order valence-corrected chi connectivity index (χ1v) is 5.49. The summed E-state index contributed by atoms with van der Waals surface area (Å²) in [7, 11) is 0. The second-order valence-corrected chi connectivity index (χ2v) is 3.08. The smallest absolute Gasteiger partial charge is 0.0594 e. The van der Waals surface area contributed by atoms with Crippen molar-refractivity contribution < 1.29 is 0 Å². The molecule has 1 rings (SSSR count). The van der Waals surface area contributed by atoms with Gasteiger partial charge >= 0.3 is 0 Å². The maximum atomic E-state index is 3.01. The molecule has 1 heteroatoms. The van der Waals surface area contributed by atoms with E-state index in [1.807, 2.05) is 39.0 Å². The Hall–Kier alpha value is -0.870. The van der Waals surface area contributed by atoms with Gasteiger partial charge in [0.05, 0.1) is 5.75 Å². The molecule has 0 aliphatic heterocycles. The van der Waals surface area contributed by atoms with Crippen LogP contribution in [-0.2, 0) is 0 Å². The fraction of sp³-hybridized carbons (Fsp3) is 0.333. The molecule has 0 fully saturated rings. The Kier molecular flexibility index (Phi) is 8.60. The maximum Gasteiger partial charge on any atom is 0.0594 e. The third-order valence-electron chi connectivity index (χ3n) is 1.23. The predicted molar refractivity (Wildman–Crippen MR) is 62.0 cm³/mol. The number of benzene rings is 1. The molecule has 0 spiro atoms. The summed E-state index contributed by atoms with van der Waals surface area (Å²) >= 11 is 1.77. The van der Waals surface area contributed by atoms with Crippen LogP contribution in [0.5, 0.6) is 0 Å². The van der Waals surface area contributed by atoms with Crippen LogP contribution in [0.15, 0.2) is 35.2 Å². The highest BCUT2D eigenvalue weighted by molar-refractivity contribution is 7.99. The third kappa shape index (κ3) is 6.31. The summed E-state index contributed by atoms with van der Waals surface area (Å²) in [5.41, 5.74) is 0. The summed E-state index contributed by atoms with van der Waals surface area (Å²) in [6, 6.07) is 10.3. The first-order chi connectivity index (χ1) is 6.43. The Balaban J connectivity index is 0.000000671. The monoisotopic (exact) mass is 192 g/mol. The lowest BCUT2D eigenvalue weighted by Crippen LogP contribution is -1.71.